The summed E-state index contributed by atoms with van der Waals surface area (Å²) >= 11 is 0. The minimum absolute atomic E-state index is 0.135. The Balaban J connectivity index is 1.34. The third kappa shape index (κ3) is 3.85. The van der Waals surface area contributed by atoms with Gasteiger partial charge in [-0.05, 0) is 42.5 Å². The number of amides is 2. The maximum Gasteiger partial charge on any atom is 0.339 e. The molecule has 0 unspecified atom stereocenters. The summed E-state index contributed by atoms with van der Waals surface area (Å²) in [5, 5.41) is 0.612. The number of anilines is 1. The highest BCUT2D eigenvalue weighted by Crippen LogP contribution is 2.53. The van der Waals surface area contributed by atoms with Crippen LogP contribution in [0.2, 0.25) is 0 Å². The van der Waals surface area contributed by atoms with Gasteiger partial charge in [0.2, 0.25) is 11.8 Å². The Morgan fingerprint density at radius 2 is 1.63 bits per heavy atom. The first-order valence-corrected chi connectivity index (χ1v) is 12.9. The van der Waals surface area contributed by atoms with Gasteiger partial charge in [-0.1, -0.05) is 63.3 Å². The fraction of sp³-hybridized carbons (Fsp3) is 0.323. The van der Waals surface area contributed by atoms with E-state index in [2.05, 4.69) is 12.2 Å². The van der Waals surface area contributed by atoms with Crippen molar-refractivity contribution in [3.05, 3.63) is 72.3 Å². The van der Waals surface area contributed by atoms with Gasteiger partial charge >= 0.3 is 5.97 Å². The Hall–Kier alpha value is -4.13. The summed E-state index contributed by atoms with van der Waals surface area (Å²) in [6, 6.07) is 16.0. The fourth-order valence-electron chi connectivity index (χ4n) is 5.88. The lowest BCUT2D eigenvalue weighted by atomic mass is 9.85. The predicted octanol–water partition coefficient (Wildman–Crippen LogP) is 4.99. The molecule has 7 heteroatoms. The molecule has 1 aromatic heterocycles. The SMILES string of the molecule is CC(C)(C)C(=O)COC(=O)c1cc(-c2cccc(N3C(=O)[C@@H]4[C@H](C3=O)[C@@H]3C=C[C@H]4C3)c2)nc2ccccc12. The van der Waals surface area contributed by atoms with Crippen LogP contribution in [-0.4, -0.2) is 35.2 Å². The molecule has 2 fully saturated rings. The number of pyridine rings is 1. The van der Waals surface area contributed by atoms with Gasteiger partial charge in [-0.25, -0.2) is 14.7 Å². The summed E-state index contributed by atoms with van der Waals surface area (Å²) in [6.07, 6.45) is 5.03. The zero-order chi connectivity index (χ0) is 26.8. The van der Waals surface area contributed by atoms with Crippen LogP contribution < -0.4 is 4.90 Å². The number of ether oxygens (including phenoxy) is 1. The Bertz CT molecular complexity index is 1520. The maximum absolute atomic E-state index is 13.3. The van der Waals surface area contributed by atoms with Gasteiger partial charge in [0.15, 0.2) is 12.4 Å². The molecular formula is C31H28N2O5. The van der Waals surface area contributed by atoms with E-state index in [1.54, 1.807) is 57.2 Å². The molecule has 38 heavy (non-hydrogen) atoms. The number of rotatable bonds is 5. The predicted molar refractivity (Wildman–Crippen MR) is 142 cm³/mol. The lowest BCUT2D eigenvalue weighted by Crippen LogP contribution is -2.32. The largest absolute Gasteiger partial charge is 0.454 e. The quantitative estimate of drug-likeness (QED) is 0.274. The molecular weight excluding hydrogens is 480 g/mol. The van der Waals surface area contributed by atoms with Gasteiger partial charge < -0.3 is 4.74 Å². The number of ketones is 1. The molecule has 1 saturated heterocycles. The van der Waals surface area contributed by atoms with E-state index in [0.29, 0.717) is 33.4 Å². The minimum atomic E-state index is -0.620. The Labute approximate surface area is 220 Å². The van der Waals surface area contributed by atoms with Crippen LogP contribution in [-0.2, 0) is 19.1 Å². The Morgan fingerprint density at radius 3 is 2.32 bits per heavy atom. The highest BCUT2D eigenvalue weighted by molar-refractivity contribution is 6.23. The van der Waals surface area contributed by atoms with E-state index in [-0.39, 0.29) is 47.9 Å². The van der Waals surface area contributed by atoms with Gasteiger partial charge in [0.05, 0.1) is 34.3 Å². The van der Waals surface area contributed by atoms with Gasteiger partial charge in [-0.3, -0.25) is 14.4 Å². The van der Waals surface area contributed by atoms with E-state index < -0.39 is 11.4 Å². The van der Waals surface area contributed by atoms with Gasteiger partial charge in [0.25, 0.3) is 0 Å². The smallest absolute Gasteiger partial charge is 0.339 e. The second kappa shape index (κ2) is 8.72. The molecule has 3 aromatic rings. The third-order valence-corrected chi connectivity index (χ3v) is 7.98. The fourth-order valence-corrected chi connectivity index (χ4v) is 5.88. The molecule has 2 aliphatic carbocycles. The van der Waals surface area contributed by atoms with Crippen LogP contribution in [0.15, 0.2) is 66.7 Å². The Morgan fingerprint density at radius 1 is 0.947 bits per heavy atom. The zero-order valence-electron chi connectivity index (χ0n) is 21.5. The molecule has 1 saturated carbocycles. The molecule has 0 N–H and O–H groups in total. The minimum Gasteiger partial charge on any atom is -0.454 e. The van der Waals surface area contributed by atoms with Crippen LogP contribution in [0.4, 0.5) is 5.69 Å². The summed E-state index contributed by atoms with van der Waals surface area (Å²) in [5.41, 5.74) is 1.93. The number of allylic oxidation sites excluding steroid dienone is 2. The number of carbonyl (C=O) groups excluding carboxylic acids is 4. The molecule has 0 radical (unpaired) electrons. The van der Waals surface area contributed by atoms with Crippen LogP contribution in [0.5, 0.6) is 0 Å². The molecule has 192 valence electrons. The molecule has 7 nitrogen and oxygen atoms in total. The lowest BCUT2D eigenvalue weighted by Gasteiger charge is -2.18. The number of imide groups is 1. The van der Waals surface area contributed by atoms with Gasteiger partial charge in [-0.15, -0.1) is 0 Å². The molecule has 2 aromatic carbocycles. The van der Waals surface area contributed by atoms with E-state index in [4.69, 9.17) is 9.72 Å². The second-order valence-corrected chi connectivity index (χ2v) is 11.4. The normalized spacial score (nSPS) is 23.8. The van der Waals surface area contributed by atoms with Gasteiger partial charge in [0, 0.05) is 16.4 Å². The standard InChI is InChI=1S/C31H28N2O5/c1-31(2,3)25(34)16-38-30(37)22-15-24(32-23-10-5-4-9-21(22)23)17-7-6-8-20(14-17)33-28(35)26-18-11-12-19(13-18)27(26)29(33)36/h4-12,14-15,18-19,26-27H,13,16H2,1-3H3/t18-,19+,26-,27+. The van der Waals surface area contributed by atoms with E-state index >= 15 is 0 Å². The van der Waals surface area contributed by atoms with Crippen molar-refractivity contribution >= 4 is 40.2 Å². The summed E-state index contributed by atoms with van der Waals surface area (Å²) in [5.74, 6) is -1.37. The number of hydrogen-bond acceptors (Lipinski definition) is 6. The third-order valence-electron chi connectivity index (χ3n) is 7.98. The van der Waals surface area contributed by atoms with Crippen molar-refractivity contribution in [3.8, 4) is 11.3 Å². The first kappa shape index (κ1) is 24.2. The number of aromatic nitrogens is 1. The number of esters is 1. The van der Waals surface area contributed by atoms with E-state index in [0.717, 1.165) is 6.42 Å². The maximum atomic E-state index is 13.3. The average molecular weight is 509 g/mol. The highest BCUT2D eigenvalue weighted by Gasteiger charge is 2.59. The number of para-hydroxylation sites is 1. The molecule has 0 spiro atoms. The van der Waals surface area contributed by atoms with Crippen LogP contribution in [0.3, 0.4) is 0 Å². The molecule has 2 heterocycles. The van der Waals surface area contributed by atoms with Crippen molar-refractivity contribution in [1.29, 1.82) is 0 Å². The average Bonchev–Trinajstić information content (AvgIpc) is 3.59. The van der Waals surface area contributed by atoms with Crippen molar-refractivity contribution in [3.63, 3.8) is 0 Å². The summed E-state index contributed by atoms with van der Waals surface area (Å²) in [7, 11) is 0. The number of carbonyl (C=O) groups is 4. The van der Waals surface area contributed by atoms with Crippen molar-refractivity contribution in [1.82, 2.24) is 4.98 Å². The van der Waals surface area contributed by atoms with E-state index in [1.165, 1.54) is 4.90 Å². The second-order valence-electron chi connectivity index (χ2n) is 11.4. The number of nitrogens with zero attached hydrogens (tertiary/aromatic N) is 2. The topological polar surface area (TPSA) is 93.6 Å². The molecule has 2 bridgehead atoms. The zero-order valence-corrected chi connectivity index (χ0v) is 21.5. The first-order valence-electron chi connectivity index (χ1n) is 12.9. The summed E-state index contributed by atoms with van der Waals surface area (Å²) < 4.78 is 5.40. The molecule has 1 aliphatic heterocycles. The van der Waals surface area contributed by atoms with Crippen molar-refractivity contribution < 1.29 is 23.9 Å². The van der Waals surface area contributed by atoms with Crippen LogP contribution in [0.25, 0.3) is 22.2 Å². The number of fused-ring (bicyclic) bond motifs is 6. The van der Waals surface area contributed by atoms with Crippen molar-refractivity contribution in [2.24, 2.45) is 29.1 Å². The number of Topliss-reactive ketones (excluding diaryl/α,β-unsaturated/α-hetero) is 1. The highest BCUT2D eigenvalue weighted by atomic mass is 16.5. The van der Waals surface area contributed by atoms with Gasteiger partial charge in [-0.2, -0.15) is 0 Å². The summed E-state index contributed by atoms with van der Waals surface area (Å²) in [6.45, 7) is 5.02. The van der Waals surface area contributed by atoms with Crippen LogP contribution in [0.1, 0.15) is 37.6 Å². The Kier molecular flexibility index (Phi) is 5.56. The lowest BCUT2D eigenvalue weighted by molar-refractivity contribution is -0.129. The van der Waals surface area contributed by atoms with E-state index in [9.17, 15) is 19.2 Å². The van der Waals surface area contributed by atoms with Crippen LogP contribution in [0, 0.1) is 29.1 Å². The number of benzene rings is 2. The molecule has 6 rings (SSSR count). The molecule has 2 amide bonds. The van der Waals surface area contributed by atoms with Crippen molar-refractivity contribution in [2.75, 3.05) is 11.5 Å². The first-order chi connectivity index (χ1) is 18.1. The summed E-state index contributed by atoms with van der Waals surface area (Å²) in [4.78, 5) is 58.1. The monoisotopic (exact) mass is 508 g/mol. The van der Waals surface area contributed by atoms with Crippen molar-refractivity contribution in [2.45, 2.75) is 27.2 Å². The van der Waals surface area contributed by atoms with Gasteiger partial charge in [0.1, 0.15) is 0 Å². The molecule has 3 aliphatic rings. The van der Waals surface area contributed by atoms with E-state index in [1.807, 2.05) is 18.2 Å². The van der Waals surface area contributed by atoms with Crippen LogP contribution >= 0.6 is 0 Å². The molecule has 4 atom stereocenters. The number of hydrogen-bond donors (Lipinski definition) is 0.